The number of nitrogens with one attached hydrogen (secondary N) is 1. The summed E-state index contributed by atoms with van der Waals surface area (Å²) >= 11 is 0. The minimum Gasteiger partial charge on any atom is -0.505 e. The fourth-order valence-corrected chi connectivity index (χ4v) is 2.67. The van der Waals surface area contributed by atoms with E-state index in [1.165, 1.54) is 19.2 Å². The number of carbonyl (C=O) groups excluding carboxylic acids is 1. The number of ether oxygens (including phenoxy) is 1. The van der Waals surface area contributed by atoms with Crippen LogP contribution in [0.5, 0.6) is 5.75 Å². The van der Waals surface area contributed by atoms with Crippen LogP contribution in [0.1, 0.15) is 18.4 Å². The summed E-state index contributed by atoms with van der Waals surface area (Å²) in [5.74, 6) is -0.504. The Balaban J connectivity index is 1.89. The first kappa shape index (κ1) is 17.1. The molecule has 1 aliphatic rings. The van der Waals surface area contributed by atoms with Crippen LogP contribution in [0.2, 0.25) is 0 Å². The topological polar surface area (TPSA) is 74.2 Å². The van der Waals surface area contributed by atoms with E-state index in [9.17, 15) is 14.3 Å². The predicted octanol–water partition coefficient (Wildman–Crippen LogP) is 1.49. The van der Waals surface area contributed by atoms with Crippen molar-refractivity contribution in [2.24, 2.45) is 10.9 Å². The Morgan fingerprint density at radius 1 is 1.48 bits per heavy atom. The first-order valence-electron chi connectivity index (χ1n) is 7.56. The molecule has 0 atom stereocenters. The number of methoxy groups -OCH3 is 1. The number of aliphatic imine (C=N–C) groups is 1. The number of esters is 1. The molecule has 1 aromatic rings. The van der Waals surface area contributed by atoms with Gasteiger partial charge in [-0.15, -0.1) is 0 Å². The normalized spacial score (nSPS) is 16.3. The molecular formula is C16H22FN3O3. The van der Waals surface area contributed by atoms with Gasteiger partial charge < -0.3 is 20.1 Å². The van der Waals surface area contributed by atoms with Gasteiger partial charge in [0.25, 0.3) is 0 Å². The minimum absolute atomic E-state index is 0.0550. The molecule has 126 valence electrons. The fraction of sp³-hybridized carbons (Fsp3) is 0.500. The molecule has 1 heterocycles. The molecule has 0 radical (unpaired) electrons. The monoisotopic (exact) mass is 323 g/mol. The van der Waals surface area contributed by atoms with Gasteiger partial charge in [0.05, 0.1) is 13.0 Å². The number of nitrogens with zero attached hydrogens (tertiary/aromatic N) is 2. The predicted molar refractivity (Wildman–Crippen MR) is 84.6 cm³/mol. The minimum atomic E-state index is -0.641. The Kier molecular flexibility index (Phi) is 5.78. The van der Waals surface area contributed by atoms with Gasteiger partial charge in [0.2, 0.25) is 0 Å². The third kappa shape index (κ3) is 4.34. The number of guanidine groups is 1. The Labute approximate surface area is 135 Å². The van der Waals surface area contributed by atoms with Gasteiger partial charge in [0.1, 0.15) is 0 Å². The van der Waals surface area contributed by atoms with E-state index in [0.717, 1.165) is 12.8 Å². The maximum Gasteiger partial charge on any atom is 0.308 e. The summed E-state index contributed by atoms with van der Waals surface area (Å²) in [6.07, 6.45) is 1.45. The lowest BCUT2D eigenvalue weighted by Crippen LogP contribution is -2.46. The number of hydrogen-bond acceptors (Lipinski definition) is 4. The molecule has 1 saturated heterocycles. The number of hydrogen-bond donors (Lipinski definition) is 2. The van der Waals surface area contributed by atoms with Crippen LogP contribution >= 0.6 is 0 Å². The molecular weight excluding hydrogens is 301 g/mol. The van der Waals surface area contributed by atoms with E-state index in [1.54, 1.807) is 13.1 Å². The van der Waals surface area contributed by atoms with Crippen LogP contribution in [0, 0.1) is 11.7 Å². The number of phenols is 1. The van der Waals surface area contributed by atoms with Crippen LogP contribution < -0.4 is 5.32 Å². The zero-order chi connectivity index (χ0) is 16.8. The summed E-state index contributed by atoms with van der Waals surface area (Å²) in [5, 5.41) is 12.4. The van der Waals surface area contributed by atoms with Gasteiger partial charge in [0, 0.05) is 26.7 Å². The van der Waals surface area contributed by atoms with Crippen LogP contribution in [0.3, 0.4) is 0 Å². The molecule has 6 nitrogen and oxygen atoms in total. The second kappa shape index (κ2) is 7.80. The number of rotatable bonds is 3. The average molecular weight is 323 g/mol. The molecule has 0 aliphatic carbocycles. The summed E-state index contributed by atoms with van der Waals surface area (Å²) in [7, 11) is 3.10. The van der Waals surface area contributed by atoms with Crippen molar-refractivity contribution in [1.82, 2.24) is 10.2 Å². The lowest BCUT2D eigenvalue weighted by Gasteiger charge is -2.33. The first-order valence-corrected chi connectivity index (χ1v) is 7.56. The molecule has 1 aromatic carbocycles. The maximum atomic E-state index is 13.3. The molecule has 0 spiro atoms. The van der Waals surface area contributed by atoms with Crippen molar-refractivity contribution in [3.63, 3.8) is 0 Å². The van der Waals surface area contributed by atoms with Gasteiger partial charge in [-0.25, -0.2) is 4.39 Å². The van der Waals surface area contributed by atoms with Crippen molar-refractivity contribution in [2.75, 3.05) is 27.2 Å². The van der Waals surface area contributed by atoms with Crippen LogP contribution in [0.15, 0.2) is 23.2 Å². The largest absolute Gasteiger partial charge is 0.505 e. The van der Waals surface area contributed by atoms with E-state index in [0.29, 0.717) is 31.2 Å². The van der Waals surface area contributed by atoms with Gasteiger partial charge in [-0.3, -0.25) is 9.79 Å². The standard InChI is InChI=1S/C16H22FN3O3/c1-18-16(19-10-11-3-4-14(21)13(17)9-11)20-7-5-12(6-8-20)15(22)23-2/h3-4,9,12,21H,5-8,10H2,1-2H3,(H,18,19). The molecule has 0 saturated carbocycles. The van der Waals surface area contributed by atoms with Crippen molar-refractivity contribution in [2.45, 2.75) is 19.4 Å². The smallest absolute Gasteiger partial charge is 0.308 e. The molecule has 0 unspecified atom stereocenters. The number of aromatic hydroxyl groups is 1. The van der Waals surface area contributed by atoms with Crippen LogP contribution in [-0.2, 0) is 16.1 Å². The number of piperidine rings is 1. The molecule has 2 rings (SSSR count). The first-order chi connectivity index (χ1) is 11.0. The number of likely N-dealkylation sites (tertiary alicyclic amines) is 1. The Morgan fingerprint density at radius 3 is 2.74 bits per heavy atom. The third-order valence-corrected chi connectivity index (χ3v) is 4.00. The van der Waals surface area contributed by atoms with Crippen molar-refractivity contribution < 1.29 is 19.0 Å². The molecule has 1 fully saturated rings. The number of phenolic OH excluding ortho intramolecular Hbond substituents is 1. The van der Waals surface area contributed by atoms with Crippen molar-refractivity contribution in [1.29, 1.82) is 0 Å². The average Bonchev–Trinajstić information content (AvgIpc) is 2.58. The molecule has 7 heteroatoms. The highest BCUT2D eigenvalue weighted by Crippen LogP contribution is 2.19. The fourth-order valence-electron chi connectivity index (χ4n) is 2.67. The molecule has 2 N–H and O–H groups in total. The van der Waals surface area contributed by atoms with Gasteiger partial charge in [-0.05, 0) is 30.5 Å². The van der Waals surface area contributed by atoms with Gasteiger partial charge in [-0.2, -0.15) is 0 Å². The zero-order valence-electron chi connectivity index (χ0n) is 13.4. The van der Waals surface area contributed by atoms with E-state index in [2.05, 4.69) is 15.2 Å². The van der Waals surface area contributed by atoms with E-state index in [-0.39, 0.29) is 17.6 Å². The van der Waals surface area contributed by atoms with Crippen LogP contribution in [-0.4, -0.2) is 49.2 Å². The summed E-state index contributed by atoms with van der Waals surface area (Å²) in [6, 6.07) is 4.28. The van der Waals surface area contributed by atoms with Crippen molar-refractivity contribution in [3.05, 3.63) is 29.6 Å². The summed E-state index contributed by atoms with van der Waals surface area (Å²) in [5.41, 5.74) is 0.714. The van der Waals surface area contributed by atoms with Crippen molar-refractivity contribution in [3.8, 4) is 5.75 Å². The Bertz CT molecular complexity index is 584. The number of halogens is 1. The maximum absolute atomic E-state index is 13.3. The molecule has 0 aromatic heterocycles. The molecule has 23 heavy (non-hydrogen) atoms. The van der Waals surface area contributed by atoms with E-state index < -0.39 is 5.82 Å². The number of carbonyl (C=O) groups is 1. The summed E-state index contributed by atoms with van der Waals surface area (Å²) in [4.78, 5) is 17.8. The lowest BCUT2D eigenvalue weighted by atomic mass is 9.97. The summed E-state index contributed by atoms with van der Waals surface area (Å²) < 4.78 is 18.1. The Hall–Kier alpha value is -2.31. The zero-order valence-corrected chi connectivity index (χ0v) is 13.4. The van der Waals surface area contributed by atoms with Gasteiger partial charge in [0.15, 0.2) is 17.5 Å². The van der Waals surface area contributed by atoms with E-state index in [1.807, 2.05) is 0 Å². The highest BCUT2D eigenvalue weighted by Gasteiger charge is 2.26. The molecule has 1 aliphatic heterocycles. The quantitative estimate of drug-likeness (QED) is 0.501. The molecule has 0 amide bonds. The van der Waals surface area contributed by atoms with E-state index >= 15 is 0 Å². The lowest BCUT2D eigenvalue weighted by molar-refractivity contribution is -0.146. The van der Waals surface area contributed by atoms with E-state index in [4.69, 9.17) is 4.74 Å². The third-order valence-electron chi connectivity index (χ3n) is 4.00. The highest BCUT2D eigenvalue weighted by atomic mass is 19.1. The highest BCUT2D eigenvalue weighted by molar-refractivity contribution is 5.80. The second-order valence-corrected chi connectivity index (χ2v) is 5.47. The molecule has 0 bridgehead atoms. The SMILES string of the molecule is CN=C(NCc1ccc(O)c(F)c1)N1CCC(C(=O)OC)CC1. The summed E-state index contributed by atoms with van der Waals surface area (Å²) in [6.45, 7) is 1.83. The van der Waals surface area contributed by atoms with Crippen LogP contribution in [0.4, 0.5) is 4.39 Å². The number of benzene rings is 1. The second-order valence-electron chi connectivity index (χ2n) is 5.47. The Morgan fingerprint density at radius 2 is 2.17 bits per heavy atom. The van der Waals surface area contributed by atoms with Gasteiger partial charge in [-0.1, -0.05) is 6.07 Å². The van der Waals surface area contributed by atoms with Gasteiger partial charge >= 0.3 is 5.97 Å². The van der Waals surface area contributed by atoms with Crippen molar-refractivity contribution >= 4 is 11.9 Å². The van der Waals surface area contributed by atoms with Crippen LogP contribution in [0.25, 0.3) is 0 Å².